The lowest BCUT2D eigenvalue weighted by Gasteiger charge is -2.16. The molecule has 0 aliphatic heterocycles. The van der Waals surface area contributed by atoms with Gasteiger partial charge < -0.3 is 14.6 Å². The van der Waals surface area contributed by atoms with Gasteiger partial charge in [0.25, 0.3) is 0 Å². The SMILES string of the molecule is COc1cc(-c2cnc3cc(C(C)(C)C#N)ccn23)cc(OC)c1C(=O)O. The van der Waals surface area contributed by atoms with E-state index >= 15 is 0 Å². The number of carbonyl (C=O) groups is 1. The van der Waals surface area contributed by atoms with Gasteiger partial charge in [0.2, 0.25) is 0 Å². The summed E-state index contributed by atoms with van der Waals surface area (Å²) in [4.78, 5) is 16.0. The fourth-order valence-corrected chi connectivity index (χ4v) is 2.92. The highest BCUT2D eigenvalue weighted by Gasteiger charge is 2.22. The van der Waals surface area contributed by atoms with Crippen molar-refractivity contribution in [3.8, 4) is 28.8 Å². The average Bonchev–Trinajstić information content (AvgIpc) is 3.09. The number of nitriles is 1. The molecule has 27 heavy (non-hydrogen) atoms. The normalized spacial score (nSPS) is 11.2. The molecule has 0 unspecified atom stereocenters. The molecule has 0 amide bonds. The van der Waals surface area contributed by atoms with Gasteiger partial charge in [0.15, 0.2) is 0 Å². The van der Waals surface area contributed by atoms with Crippen molar-refractivity contribution in [3.63, 3.8) is 0 Å². The second-order valence-electron chi connectivity index (χ2n) is 6.58. The number of carboxylic acids is 1. The van der Waals surface area contributed by atoms with E-state index in [0.717, 1.165) is 11.3 Å². The van der Waals surface area contributed by atoms with E-state index in [-0.39, 0.29) is 17.1 Å². The minimum absolute atomic E-state index is 0.0318. The number of aromatic carboxylic acids is 1. The molecular formula is C20H19N3O4. The second kappa shape index (κ2) is 6.65. The Morgan fingerprint density at radius 3 is 2.37 bits per heavy atom. The number of imidazole rings is 1. The summed E-state index contributed by atoms with van der Waals surface area (Å²) in [5, 5.41) is 18.8. The van der Waals surface area contributed by atoms with Crippen LogP contribution in [0.3, 0.4) is 0 Å². The van der Waals surface area contributed by atoms with Gasteiger partial charge in [0.05, 0.1) is 37.6 Å². The number of pyridine rings is 1. The molecule has 0 aliphatic rings. The van der Waals surface area contributed by atoms with Gasteiger partial charge in [-0.1, -0.05) is 0 Å². The van der Waals surface area contributed by atoms with Crippen molar-refractivity contribution in [1.82, 2.24) is 9.38 Å². The molecule has 0 saturated carbocycles. The summed E-state index contributed by atoms with van der Waals surface area (Å²) in [6, 6.07) is 9.31. The Bertz CT molecular complexity index is 1050. The Hall–Kier alpha value is -3.53. The first-order chi connectivity index (χ1) is 12.8. The van der Waals surface area contributed by atoms with Crippen LogP contribution < -0.4 is 9.47 Å². The molecule has 138 valence electrons. The molecule has 7 nitrogen and oxygen atoms in total. The van der Waals surface area contributed by atoms with E-state index in [0.29, 0.717) is 11.2 Å². The topological polar surface area (TPSA) is 96.9 Å². The number of fused-ring (bicyclic) bond motifs is 1. The van der Waals surface area contributed by atoms with E-state index in [4.69, 9.17) is 9.47 Å². The number of ether oxygens (including phenoxy) is 2. The van der Waals surface area contributed by atoms with Gasteiger partial charge in [-0.15, -0.1) is 0 Å². The zero-order valence-electron chi connectivity index (χ0n) is 15.5. The van der Waals surface area contributed by atoms with Crippen LogP contribution in [0.25, 0.3) is 16.9 Å². The van der Waals surface area contributed by atoms with Crippen molar-refractivity contribution < 1.29 is 19.4 Å². The van der Waals surface area contributed by atoms with Crippen molar-refractivity contribution in [2.45, 2.75) is 19.3 Å². The summed E-state index contributed by atoms with van der Waals surface area (Å²) < 4.78 is 12.4. The first-order valence-corrected chi connectivity index (χ1v) is 8.21. The zero-order valence-corrected chi connectivity index (χ0v) is 15.5. The molecule has 0 fully saturated rings. The average molecular weight is 365 g/mol. The summed E-state index contributed by atoms with van der Waals surface area (Å²) in [5.74, 6) is -0.722. The third-order valence-corrected chi connectivity index (χ3v) is 4.53. The quantitative estimate of drug-likeness (QED) is 0.743. The highest BCUT2D eigenvalue weighted by Crippen LogP contribution is 2.35. The summed E-state index contributed by atoms with van der Waals surface area (Å²) in [6.07, 6.45) is 3.53. The largest absolute Gasteiger partial charge is 0.496 e. The predicted molar refractivity (Wildman–Crippen MR) is 99.3 cm³/mol. The van der Waals surface area contributed by atoms with Gasteiger partial charge in [-0.2, -0.15) is 5.26 Å². The second-order valence-corrected chi connectivity index (χ2v) is 6.58. The molecular weight excluding hydrogens is 346 g/mol. The molecule has 0 saturated heterocycles. The van der Waals surface area contributed by atoms with Crippen LogP contribution in [0.2, 0.25) is 0 Å². The maximum atomic E-state index is 11.5. The van der Waals surface area contributed by atoms with Crippen LogP contribution in [-0.2, 0) is 5.41 Å². The van der Waals surface area contributed by atoms with Gasteiger partial charge >= 0.3 is 5.97 Å². The van der Waals surface area contributed by atoms with Crippen LogP contribution in [0.4, 0.5) is 0 Å². The van der Waals surface area contributed by atoms with Gasteiger partial charge in [-0.3, -0.25) is 4.40 Å². The Labute approximate surface area is 156 Å². The number of aromatic nitrogens is 2. The smallest absolute Gasteiger partial charge is 0.343 e. The highest BCUT2D eigenvalue weighted by molar-refractivity contribution is 5.95. The molecule has 2 heterocycles. The van der Waals surface area contributed by atoms with Crippen molar-refractivity contribution in [2.24, 2.45) is 0 Å². The summed E-state index contributed by atoms with van der Waals surface area (Å²) >= 11 is 0. The predicted octanol–water partition coefficient (Wildman–Crippen LogP) is 3.52. The number of hydrogen-bond donors (Lipinski definition) is 1. The van der Waals surface area contributed by atoms with E-state index in [2.05, 4.69) is 11.1 Å². The Morgan fingerprint density at radius 1 is 1.22 bits per heavy atom. The molecule has 7 heteroatoms. The molecule has 2 aromatic heterocycles. The third-order valence-electron chi connectivity index (χ3n) is 4.53. The first kappa shape index (κ1) is 18.3. The van der Waals surface area contributed by atoms with Gasteiger partial charge in [-0.25, -0.2) is 9.78 Å². The zero-order chi connectivity index (χ0) is 19.8. The Kier molecular flexibility index (Phi) is 4.50. The lowest BCUT2D eigenvalue weighted by Crippen LogP contribution is -2.14. The van der Waals surface area contributed by atoms with E-state index in [1.54, 1.807) is 18.3 Å². The van der Waals surface area contributed by atoms with Crippen molar-refractivity contribution in [1.29, 1.82) is 5.26 Å². The fraction of sp³-hybridized carbons (Fsp3) is 0.250. The molecule has 3 rings (SSSR count). The molecule has 3 aromatic rings. The van der Waals surface area contributed by atoms with Crippen LogP contribution in [0.5, 0.6) is 11.5 Å². The first-order valence-electron chi connectivity index (χ1n) is 8.21. The van der Waals surface area contributed by atoms with E-state index in [9.17, 15) is 15.2 Å². The molecule has 0 aliphatic carbocycles. The Balaban J connectivity index is 2.19. The third kappa shape index (κ3) is 3.06. The molecule has 0 spiro atoms. The maximum absolute atomic E-state index is 11.5. The minimum Gasteiger partial charge on any atom is -0.496 e. The number of methoxy groups -OCH3 is 2. The molecule has 0 bridgehead atoms. The number of rotatable bonds is 5. The summed E-state index contributed by atoms with van der Waals surface area (Å²) in [6.45, 7) is 3.70. The van der Waals surface area contributed by atoms with Crippen LogP contribution in [0.1, 0.15) is 29.8 Å². The van der Waals surface area contributed by atoms with Crippen LogP contribution in [0, 0.1) is 11.3 Å². The lowest BCUT2D eigenvalue weighted by molar-refractivity contribution is 0.0689. The van der Waals surface area contributed by atoms with Crippen molar-refractivity contribution in [2.75, 3.05) is 14.2 Å². The minimum atomic E-state index is -1.13. The molecule has 0 radical (unpaired) electrons. The molecule has 0 atom stereocenters. The van der Waals surface area contributed by atoms with Gasteiger partial charge in [0.1, 0.15) is 22.7 Å². The lowest BCUT2D eigenvalue weighted by atomic mass is 9.87. The molecule has 1 aromatic carbocycles. The van der Waals surface area contributed by atoms with E-state index in [1.807, 2.05) is 36.6 Å². The van der Waals surface area contributed by atoms with Gasteiger partial charge in [0, 0.05) is 11.8 Å². The highest BCUT2D eigenvalue weighted by atomic mass is 16.5. The van der Waals surface area contributed by atoms with Crippen molar-refractivity contribution >= 4 is 11.6 Å². The molecule has 1 N–H and O–H groups in total. The summed E-state index contributed by atoms with van der Waals surface area (Å²) in [7, 11) is 2.82. The van der Waals surface area contributed by atoms with Crippen LogP contribution in [0.15, 0.2) is 36.7 Å². The van der Waals surface area contributed by atoms with E-state index < -0.39 is 11.4 Å². The number of nitrogens with zero attached hydrogens (tertiary/aromatic N) is 3. The number of carboxylic acid groups (broad SMARTS) is 1. The Morgan fingerprint density at radius 2 is 1.85 bits per heavy atom. The van der Waals surface area contributed by atoms with Crippen LogP contribution >= 0.6 is 0 Å². The monoisotopic (exact) mass is 365 g/mol. The summed E-state index contributed by atoms with van der Waals surface area (Å²) in [5.41, 5.74) is 2.35. The van der Waals surface area contributed by atoms with Gasteiger partial charge in [-0.05, 0) is 43.7 Å². The fourth-order valence-electron chi connectivity index (χ4n) is 2.92. The standard InChI is InChI=1S/C20H19N3O4/c1-20(2,11-21)13-5-6-23-14(10-22-17(23)9-13)12-7-15(26-3)18(19(24)25)16(8-12)27-4/h5-10H,1-4H3,(H,24,25). The number of benzene rings is 1. The number of hydrogen-bond acceptors (Lipinski definition) is 5. The van der Waals surface area contributed by atoms with E-state index in [1.165, 1.54) is 14.2 Å². The maximum Gasteiger partial charge on any atom is 0.343 e. The van der Waals surface area contributed by atoms with Crippen molar-refractivity contribution in [3.05, 3.63) is 47.8 Å². The van der Waals surface area contributed by atoms with Crippen LogP contribution in [-0.4, -0.2) is 34.7 Å².